The van der Waals surface area contributed by atoms with Gasteiger partial charge in [-0.05, 0) is 6.92 Å². The molecule has 0 aliphatic rings. The molecule has 0 aromatic carbocycles. The summed E-state index contributed by atoms with van der Waals surface area (Å²) in [6.45, 7) is 2.14. The van der Waals surface area contributed by atoms with Crippen LogP contribution in [0.5, 0.6) is 0 Å². The number of rotatable bonds is 5. The fourth-order valence-corrected chi connectivity index (χ4v) is 0.615. The lowest BCUT2D eigenvalue weighted by atomic mass is 10.3. The fourth-order valence-electron chi connectivity index (χ4n) is 0.615. The number of primary amides is 1. The average Bonchev–Trinajstić information content (AvgIpc) is 2.24. The molecule has 0 radical (unpaired) electrons. The largest absolute Gasteiger partial charge is 0.481 e. The molecule has 104 valence electrons. The average molecular weight is 262 g/mol. The highest BCUT2D eigenvalue weighted by Gasteiger charge is 2.11. The van der Waals surface area contributed by atoms with E-state index in [2.05, 4.69) is 10.6 Å². The Balaban J connectivity index is 0. The second kappa shape index (κ2) is 10.0. The van der Waals surface area contributed by atoms with Gasteiger partial charge in [0.15, 0.2) is 0 Å². The number of aliphatic carboxylic acids is 1. The van der Waals surface area contributed by atoms with Crippen LogP contribution >= 0.6 is 0 Å². The molecule has 18 heavy (non-hydrogen) atoms. The zero-order chi connectivity index (χ0) is 14.7. The predicted molar refractivity (Wildman–Crippen MR) is 62.2 cm³/mol. The molecule has 0 spiro atoms. The Labute approximate surface area is 104 Å². The Morgan fingerprint density at radius 3 is 2.00 bits per heavy atom. The highest BCUT2D eigenvalue weighted by atomic mass is 16.4. The van der Waals surface area contributed by atoms with E-state index in [9.17, 15) is 14.4 Å². The van der Waals surface area contributed by atoms with Crippen LogP contribution in [-0.2, 0) is 19.2 Å². The van der Waals surface area contributed by atoms with Gasteiger partial charge in [-0.2, -0.15) is 0 Å². The number of nitrogens with one attached hydrogen (secondary N) is 2. The summed E-state index contributed by atoms with van der Waals surface area (Å²) < 4.78 is 0. The number of carbonyl (C=O) groups excluding carboxylic acids is 3. The third kappa shape index (κ3) is 13.8. The van der Waals surface area contributed by atoms with Crippen molar-refractivity contribution < 1.29 is 24.3 Å². The Morgan fingerprint density at radius 2 is 1.67 bits per heavy atom. The van der Waals surface area contributed by atoms with E-state index in [1.54, 1.807) is 0 Å². The van der Waals surface area contributed by atoms with Crippen molar-refractivity contribution in [2.24, 2.45) is 11.5 Å². The molecular weight excluding hydrogens is 244 g/mol. The van der Waals surface area contributed by atoms with E-state index >= 15 is 0 Å². The zero-order valence-corrected chi connectivity index (χ0v) is 10.2. The SMILES string of the molecule is CC(=O)O.CC(NC(=O)CNC(=O)CN)C(N)=O. The van der Waals surface area contributed by atoms with Crippen molar-refractivity contribution in [3.05, 3.63) is 0 Å². The van der Waals surface area contributed by atoms with Crippen LogP contribution in [0.15, 0.2) is 0 Å². The molecule has 1 unspecified atom stereocenters. The maximum absolute atomic E-state index is 11.0. The van der Waals surface area contributed by atoms with Crippen molar-refractivity contribution in [3.8, 4) is 0 Å². The van der Waals surface area contributed by atoms with Crippen molar-refractivity contribution in [2.45, 2.75) is 19.9 Å². The summed E-state index contributed by atoms with van der Waals surface area (Å²) in [5.74, 6) is -2.39. The van der Waals surface area contributed by atoms with Crippen LogP contribution < -0.4 is 22.1 Å². The summed E-state index contributed by atoms with van der Waals surface area (Å²) in [5, 5.41) is 12.0. The van der Waals surface area contributed by atoms with Crippen molar-refractivity contribution in [1.29, 1.82) is 0 Å². The summed E-state index contributed by atoms with van der Waals surface area (Å²) in [4.78, 5) is 41.2. The first-order valence-electron chi connectivity index (χ1n) is 4.95. The molecular formula is C9H18N4O5. The molecule has 7 N–H and O–H groups in total. The summed E-state index contributed by atoms with van der Waals surface area (Å²) in [6, 6.07) is -0.753. The highest BCUT2D eigenvalue weighted by molar-refractivity contribution is 5.89. The second-order valence-electron chi connectivity index (χ2n) is 3.19. The van der Waals surface area contributed by atoms with Gasteiger partial charge >= 0.3 is 0 Å². The normalized spacial score (nSPS) is 10.4. The number of amides is 3. The molecule has 0 saturated heterocycles. The van der Waals surface area contributed by atoms with Gasteiger partial charge in [0.2, 0.25) is 17.7 Å². The van der Waals surface area contributed by atoms with Crippen molar-refractivity contribution >= 4 is 23.7 Å². The fraction of sp³-hybridized carbons (Fsp3) is 0.556. The molecule has 0 aromatic heterocycles. The lowest BCUT2D eigenvalue weighted by Gasteiger charge is -2.10. The van der Waals surface area contributed by atoms with Crippen LogP contribution in [0.3, 0.4) is 0 Å². The molecule has 0 rings (SSSR count). The smallest absolute Gasteiger partial charge is 0.300 e. The van der Waals surface area contributed by atoms with Crippen LogP contribution in [0.2, 0.25) is 0 Å². The predicted octanol–water partition coefficient (Wildman–Crippen LogP) is -2.86. The topological polar surface area (TPSA) is 165 Å². The minimum atomic E-state index is -0.833. The van der Waals surface area contributed by atoms with Gasteiger partial charge in [-0.15, -0.1) is 0 Å². The molecule has 0 aliphatic carbocycles. The second-order valence-corrected chi connectivity index (χ2v) is 3.19. The van der Waals surface area contributed by atoms with Crippen LogP contribution in [0.1, 0.15) is 13.8 Å². The Bertz CT molecular complexity index is 314. The minimum absolute atomic E-state index is 0.182. The summed E-state index contributed by atoms with van der Waals surface area (Å²) in [6.07, 6.45) is 0. The maximum atomic E-state index is 11.0. The minimum Gasteiger partial charge on any atom is -0.481 e. The van der Waals surface area contributed by atoms with E-state index in [1.165, 1.54) is 6.92 Å². The van der Waals surface area contributed by atoms with Crippen LogP contribution in [0.4, 0.5) is 0 Å². The summed E-state index contributed by atoms with van der Waals surface area (Å²) in [7, 11) is 0. The number of carboxylic acids is 1. The Morgan fingerprint density at radius 1 is 1.22 bits per heavy atom. The molecule has 3 amide bonds. The van der Waals surface area contributed by atoms with E-state index < -0.39 is 29.7 Å². The number of nitrogens with two attached hydrogens (primary N) is 2. The van der Waals surface area contributed by atoms with Crippen LogP contribution in [0, 0.1) is 0 Å². The number of carbonyl (C=O) groups is 4. The maximum Gasteiger partial charge on any atom is 0.300 e. The number of hydrogen-bond acceptors (Lipinski definition) is 5. The van der Waals surface area contributed by atoms with Crippen molar-refractivity contribution in [2.75, 3.05) is 13.1 Å². The molecule has 0 fully saturated rings. The van der Waals surface area contributed by atoms with E-state index in [0.29, 0.717) is 0 Å². The monoisotopic (exact) mass is 262 g/mol. The quantitative estimate of drug-likeness (QED) is 0.357. The summed E-state index contributed by atoms with van der Waals surface area (Å²) >= 11 is 0. The first kappa shape index (κ1) is 18.2. The molecule has 9 heteroatoms. The molecule has 0 saturated carbocycles. The van der Waals surface area contributed by atoms with Crippen LogP contribution in [0.25, 0.3) is 0 Å². The first-order valence-corrected chi connectivity index (χ1v) is 4.95. The van der Waals surface area contributed by atoms with Gasteiger partial charge in [0, 0.05) is 6.92 Å². The van der Waals surface area contributed by atoms with Gasteiger partial charge in [0.25, 0.3) is 5.97 Å². The first-order chi connectivity index (χ1) is 8.20. The molecule has 0 aliphatic heterocycles. The standard InChI is InChI=1S/C7H14N4O3.C2H4O2/c1-4(7(9)14)11-6(13)3-10-5(12)2-8;1-2(3)4/h4H,2-3,8H2,1H3,(H2,9,14)(H,10,12)(H,11,13);1H3,(H,3,4). The van der Waals surface area contributed by atoms with Gasteiger partial charge in [-0.3, -0.25) is 19.2 Å². The number of hydrogen-bond donors (Lipinski definition) is 5. The molecule has 1 atom stereocenters. The van der Waals surface area contributed by atoms with Crippen LogP contribution in [-0.4, -0.2) is 47.9 Å². The van der Waals surface area contributed by atoms with Gasteiger partial charge in [-0.25, -0.2) is 0 Å². The van der Waals surface area contributed by atoms with E-state index in [0.717, 1.165) is 6.92 Å². The molecule has 0 aromatic rings. The molecule has 0 heterocycles. The van der Waals surface area contributed by atoms with E-state index in [4.69, 9.17) is 21.4 Å². The third-order valence-corrected chi connectivity index (χ3v) is 1.44. The number of carboxylic acid groups (broad SMARTS) is 1. The van der Waals surface area contributed by atoms with Gasteiger partial charge in [0.1, 0.15) is 6.04 Å². The third-order valence-electron chi connectivity index (χ3n) is 1.44. The molecule has 9 nitrogen and oxygen atoms in total. The zero-order valence-electron chi connectivity index (χ0n) is 10.2. The van der Waals surface area contributed by atoms with Crippen molar-refractivity contribution in [1.82, 2.24) is 10.6 Å². The van der Waals surface area contributed by atoms with E-state index in [-0.39, 0.29) is 13.1 Å². The molecule has 0 bridgehead atoms. The van der Waals surface area contributed by atoms with Gasteiger partial charge in [0.05, 0.1) is 13.1 Å². The Hall–Kier alpha value is -2.16. The Kier molecular flexibility index (Phi) is 10.1. The van der Waals surface area contributed by atoms with Gasteiger partial charge in [-0.1, -0.05) is 0 Å². The lowest BCUT2D eigenvalue weighted by Crippen LogP contribution is -2.46. The van der Waals surface area contributed by atoms with E-state index in [1.807, 2.05) is 0 Å². The lowest BCUT2D eigenvalue weighted by molar-refractivity contribution is -0.134. The van der Waals surface area contributed by atoms with Crippen molar-refractivity contribution in [3.63, 3.8) is 0 Å². The summed E-state index contributed by atoms with van der Waals surface area (Å²) in [5.41, 5.74) is 9.90. The van der Waals surface area contributed by atoms with Gasteiger partial charge < -0.3 is 27.2 Å². The highest BCUT2D eigenvalue weighted by Crippen LogP contribution is 1.77.